The van der Waals surface area contributed by atoms with Crippen molar-refractivity contribution in [2.75, 3.05) is 20.0 Å². The highest BCUT2D eigenvalue weighted by Crippen LogP contribution is 2.23. The molecule has 0 bridgehead atoms. The molecular weight excluding hydrogens is 482 g/mol. The van der Waals surface area contributed by atoms with Crippen molar-refractivity contribution in [3.63, 3.8) is 0 Å². The van der Waals surface area contributed by atoms with Crippen LogP contribution in [0.15, 0.2) is 85.0 Å². The largest absolute Gasteiger partial charge is 0.473 e. The molecule has 0 saturated heterocycles. The van der Waals surface area contributed by atoms with E-state index in [1.54, 1.807) is 37.4 Å². The van der Waals surface area contributed by atoms with E-state index < -0.39 is 0 Å². The van der Waals surface area contributed by atoms with Gasteiger partial charge in [0.2, 0.25) is 11.8 Å². The Kier molecular flexibility index (Phi) is 7.81. The van der Waals surface area contributed by atoms with Crippen LogP contribution in [0, 0.1) is 0 Å². The molecule has 0 aliphatic heterocycles. The van der Waals surface area contributed by atoms with Crippen LogP contribution in [0.5, 0.6) is 5.88 Å². The fourth-order valence-corrected chi connectivity index (χ4v) is 4.29. The topological polar surface area (TPSA) is 123 Å². The van der Waals surface area contributed by atoms with Crippen LogP contribution < -0.4 is 10.5 Å². The number of methoxy groups -OCH3 is 2. The number of rotatable bonds is 9. The van der Waals surface area contributed by atoms with Crippen LogP contribution >= 0.6 is 0 Å². The van der Waals surface area contributed by atoms with Crippen molar-refractivity contribution >= 4 is 5.95 Å². The minimum atomic E-state index is -0.194. The van der Waals surface area contributed by atoms with Gasteiger partial charge in [0.25, 0.3) is 0 Å². The zero-order valence-corrected chi connectivity index (χ0v) is 21.3. The van der Waals surface area contributed by atoms with E-state index in [1.165, 1.54) is 6.33 Å². The number of ether oxygens (including phenoxy) is 3. The van der Waals surface area contributed by atoms with Crippen LogP contribution in [-0.2, 0) is 22.5 Å². The molecule has 10 heteroatoms. The van der Waals surface area contributed by atoms with Gasteiger partial charge in [-0.15, -0.1) is 5.10 Å². The summed E-state index contributed by atoms with van der Waals surface area (Å²) in [6, 6.07) is 13.9. The second-order valence-corrected chi connectivity index (χ2v) is 8.77. The highest BCUT2D eigenvalue weighted by molar-refractivity contribution is 5.62. The van der Waals surface area contributed by atoms with Crippen LogP contribution in [0.25, 0.3) is 16.9 Å². The maximum Gasteiger partial charge on any atom is 0.240 e. The molecule has 2 atom stereocenters. The van der Waals surface area contributed by atoms with Crippen molar-refractivity contribution in [1.82, 2.24) is 29.7 Å². The summed E-state index contributed by atoms with van der Waals surface area (Å²) in [6.07, 6.45) is 12.1. The Labute approximate surface area is 220 Å². The number of nitrogens with zero attached hydrogens (tertiary/aromatic N) is 6. The van der Waals surface area contributed by atoms with E-state index in [-0.39, 0.29) is 18.2 Å². The van der Waals surface area contributed by atoms with Crippen molar-refractivity contribution in [2.45, 2.75) is 31.7 Å². The van der Waals surface area contributed by atoms with Crippen molar-refractivity contribution in [1.29, 1.82) is 0 Å². The zero-order chi connectivity index (χ0) is 26.3. The van der Waals surface area contributed by atoms with E-state index in [0.29, 0.717) is 30.5 Å². The van der Waals surface area contributed by atoms with Gasteiger partial charge in [-0.25, -0.2) is 9.97 Å². The maximum atomic E-state index is 5.98. The van der Waals surface area contributed by atoms with Gasteiger partial charge in [0.15, 0.2) is 5.82 Å². The normalized spacial score (nSPS) is 17.2. The van der Waals surface area contributed by atoms with Crippen LogP contribution in [0.4, 0.5) is 5.95 Å². The van der Waals surface area contributed by atoms with Crippen molar-refractivity contribution in [2.24, 2.45) is 0 Å². The number of hydrogen-bond donors (Lipinski definition) is 1. The number of nitrogen functional groups attached to an aromatic ring is 1. The molecule has 4 aromatic rings. The lowest BCUT2D eigenvalue weighted by Gasteiger charge is -2.18. The van der Waals surface area contributed by atoms with Gasteiger partial charge in [-0.05, 0) is 35.2 Å². The lowest BCUT2D eigenvalue weighted by Crippen LogP contribution is -2.26. The Morgan fingerprint density at radius 2 is 1.74 bits per heavy atom. The van der Waals surface area contributed by atoms with Gasteiger partial charge < -0.3 is 19.9 Å². The Bertz CT molecular complexity index is 1420. The molecule has 194 valence electrons. The zero-order valence-electron chi connectivity index (χ0n) is 21.3. The molecule has 0 fully saturated rings. The third-order valence-corrected chi connectivity index (χ3v) is 6.25. The van der Waals surface area contributed by atoms with Crippen LogP contribution in [-0.4, -0.2) is 56.1 Å². The SMILES string of the molecule is COC1C=CCC(Cc2nc(N)nn2-c2cc(OCc3ccc(-c4ccncc4)cc3)ncn2)=CC1OC. The molecule has 38 heavy (non-hydrogen) atoms. The summed E-state index contributed by atoms with van der Waals surface area (Å²) in [5.74, 6) is 1.76. The van der Waals surface area contributed by atoms with E-state index in [1.807, 2.05) is 30.3 Å². The maximum absolute atomic E-state index is 5.98. The first-order chi connectivity index (χ1) is 18.6. The summed E-state index contributed by atoms with van der Waals surface area (Å²) in [5, 5.41) is 4.37. The van der Waals surface area contributed by atoms with Gasteiger partial charge in [0.05, 0.1) is 0 Å². The monoisotopic (exact) mass is 511 g/mol. The van der Waals surface area contributed by atoms with Gasteiger partial charge in [-0.1, -0.05) is 48.1 Å². The molecule has 1 aromatic carbocycles. The third kappa shape index (κ3) is 5.93. The minimum Gasteiger partial charge on any atom is -0.473 e. The van der Waals surface area contributed by atoms with Gasteiger partial charge in [-0.2, -0.15) is 9.67 Å². The smallest absolute Gasteiger partial charge is 0.240 e. The first kappa shape index (κ1) is 25.2. The molecular formula is C28H29N7O3. The lowest BCUT2D eigenvalue weighted by molar-refractivity contribution is 0.0152. The van der Waals surface area contributed by atoms with Crippen molar-refractivity contribution < 1.29 is 14.2 Å². The van der Waals surface area contributed by atoms with Crippen molar-refractivity contribution in [3.05, 3.63) is 96.4 Å². The molecule has 3 heterocycles. The summed E-state index contributed by atoms with van der Waals surface area (Å²) >= 11 is 0. The molecule has 10 nitrogen and oxygen atoms in total. The standard InChI is InChI=1S/C28H29N7O3/c1-36-23-5-3-4-20(14-24(23)37-2)15-26-33-28(29)34-35(26)25-16-27(32-18-31-25)38-17-19-6-8-21(9-7-19)22-10-12-30-13-11-22/h3,5-14,16,18,23-24H,4,15,17H2,1-2H3,(H2,29,34). The number of hydrogen-bond acceptors (Lipinski definition) is 9. The molecule has 0 radical (unpaired) electrons. The van der Waals surface area contributed by atoms with Crippen LogP contribution in [0.2, 0.25) is 0 Å². The molecule has 0 amide bonds. The van der Waals surface area contributed by atoms with E-state index in [9.17, 15) is 0 Å². The van der Waals surface area contributed by atoms with E-state index in [4.69, 9.17) is 19.9 Å². The van der Waals surface area contributed by atoms with Crippen LogP contribution in [0.1, 0.15) is 17.8 Å². The Hall–Kier alpha value is -4.41. The molecule has 3 aromatic heterocycles. The number of benzene rings is 1. The van der Waals surface area contributed by atoms with Gasteiger partial charge in [0, 0.05) is 39.1 Å². The van der Waals surface area contributed by atoms with Crippen LogP contribution in [0.3, 0.4) is 0 Å². The fraction of sp³-hybridized carbons (Fsp3) is 0.250. The van der Waals surface area contributed by atoms with E-state index in [2.05, 4.69) is 49.3 Å². The minimum absolute atomic E-state index is 0.145. The first-order valence-corrected chi connectivity index (χ1v) is 12.2. The third-order valence-electron chi connectivity index (χ3n) is 6.25. The molecule has 0 spiro atoms. The number of nitrogens with two attached hydrogens (primary N) is 1. The molecule has 1 aliphatic rings. The first-order valence-electron chi connectivity index (χ1n) is 12.2. The summed E-state index contributed by atoms with van der Waals surface area (Å²) in [6.45, 7) is 0.359. The Morgan fingerprint density at radius 1 is 0.974 bits per heavy atom. The summed E-state index contributed by atoms with van der Waals surface area (Å²) in [4.78, 5) is 17.2. The highest BCUT2D eigenvalue weighted by atomic mass is 16.5. The number of allylic oxidation sites excluding steroid dienone is 2. The van der Waals surface area contributed by atoms with E-state index >= 15 is 0 Å². The fourth-order valence-electron chi connectivity index (χ4n) is 4.29. The van der Waals surface area contributed by atoms with Gasteiger partial charge in [0.1, 0.15) is 31.0 Å². The average Bonchev–Trinajstić information content (AvgIpc) is 3.21. The number of anilines is 1. The Morgan fingerprint density at radius 3 is 2.50 bits per heavy atom. The van der Waals surface area contributed by atoms with Gasteiger partial charge in [-0.3, -0.25) is 4.98 Å². The predicted molar refractivity (Wildman–Crippen MR) is 143 cm³/mol. The summed E-state index contributed by atoms with van der Waals surface area (Å²) < 4.78 is 18.7. The average molecular weight is 512 g/mol. The second kappa shape index (κ2) is 11.8. The molecule has 1 aliphatic carbocycles. The predicted octanol–water partition coefficient (Wildman–Crippen LogP) is 3.74. The van der Waals surface area contributed by atoms with Crippen molar-refractivity contribution in [3.8, 4) is 22.8 Å². The number of pyridine rings is 1. The molecule has 5 rings (SSSR count). The Balaban J connectivity index is 1.30. The van der Waals surface area contributed by atoms with E-state index in [0.717, 1.165) is 28.7 Å². The molecule has 2 unspecified atom stereocenters. The summed E-state index contributed by atoms with van der Waals surface area (Å²) in [5.41, 5.74) is 10.3. The van der Waals surface area contributed by atoms with Gasteiger partial charge >= 0.3 is 0 Å². The quantitative estimate of drug-likeness (QED) is 0.335. The summed E-state index contributed by atoms with van der Waals surface area (Å²) in [7, 11) is 3.34. The lowest BCUT2D eigenvalue weighted by atomic mass is 10.1. The molecule has 0 saturated carbocycles. The highest BCUT2D eigenvalue weighted by Gasteiger charge is 2.21. The second-order valence-electron chi connectivity index (χ2n) is 8.77. The number of aromatic nitrogens is 6. The molecule has 2 N–H and O–H groups in total.